The van der Waals surface area contributed by atoms with Gasteiger partial charge in [0.15, 0.2) is 0 Å². The Bertz CT molecular complexity index is 265. The minimum atomic E-state index is 0.515. The molecule has 0 aliphatic carbocycles. The molecular weight excluding hydrogens is 168 g/mol. The Hall–Kier alpha value is -0.750. The van der Waals surface area contributed by atoms with Crippen molar-refractivity contribution in [2.45, 2.75) is 19.3 Å². The first-order chi connectivity index (χ1) is 5.74. The lowest BCUT2D eigenvalue weighted by molar-refractivity contribution is 0.782. The molecule has 1 heteroatoms. The van der Waals surface area contributed by atoms with Crippen molar-refractivity contribution in [1.82, 2.24) is 0 Å². The van der Waals surface area contributed by atoms with Gasteiger partial charge in [0.1, 0.15) is 0 Å². The third kappa shape index (κ3) is 2.38. The molecule has 0 aromatic heterocycles. The van der Waals surface area contributed by atoms with Crippen molar-refractivity contribution in [3.05, 3.63) is 47.5 Å². The lowest BCUT2D eigenvalue weighted by atomic mass is 9.98. The van der Waals surface area contributed by atoms with Crippen LogP contribution in [0.5, 0.6) is 0 Å². The van der Waals surface area contributed by atoms with E-state index < -0.39 is 0 Å². The molecule has 1 atom stereocenters. The molecule has 0 spiro atoms. The topological polar surface area (TPSA) is 0 Å². The van der Waals surface area contributed by atoms with Crippen LogP contribution in [0.3, 0.4) is 0 Å². The Balaban J connectivity index is 2.80. The van der Waals surface area contributed by atoms with Crippen LogP contribution in [-0.2, 0) is 0 Å². The highest BCUT2D eigenvalue weighted by atomic mass is 35.5. The molecule has 1 rings (SSSR count). The summed E-state index contributed by atoms with van der Waals surface area (Å²) in [5, 5.41) is 0.809. The fraction of sp³-hybridized carbons (Fsp3) is 0.273. The van der Waals surface area contributed by atoms with E-state index in [0.717, 1.165) is 11.4 Å². The summed E-state index contributed by atoms with van der Waals surface area (Å²) in [6.07, 6.45) is 2.94. The average Bonchev–Trinajstić information content (AvgIpc) is 2.05. The molecule has 0 nitrogen and oxygen atoms in total. The second kappa shape index (κ2) is 4.32. The summed E-state index contributed by atoms with van der Waals surface area (Å²) in [6, 6.07) is 7.98. The van der Waals surface area contributed by atoms with Crippen molar-refractivity contribution >= 4 is 11.6 Å². The van der Waals surface area contributed by atoms with Crippen LogP contribution in [0.25, 0.3) is 0 Å². The van der Waals surface area contributed by atoms with Gasteiger partial charge in [-0.3, -0.25) is 0 Å². The van der Waals surface area contributed by atoms with Crippen molar-refractivity contribution in [2.24, 2.45) is 0 Å². The van der Waals surface area contributed by atoms with Crippen molar-refractivity contribution < 1.29 is 0 Å². The molecule has 1 unspecified atom stereocenters. The molecule has 64 valence electrons. The van der Waals surface area contributed by atoms with Gasteiger partial charge in [0.05, 0.1) is 0 Å². The first-order valence-electron chi connectivity index (χ1n) is 4.10. The van der Waals surface area contributed by atoms with Gasteiger partial charge in [-0.2, -0.15) is 0 Å². The first-order valence-corrected chi connectivity index (χ1v) is 4.48. The average molecular weight is 181 g/mol. The third-order valence-electron chi connectivity index (χ3n) is 1.94. The van der Waals surface area contributed by atoms with E-state index in [9.17, 15) is 0 Å². The predicted octanol–water partition coefficient (Wildman–Crippen LogP) is 4.02. The van der Waals surface area contributed by atoms with Crippen molar-refractivity contribution in [2.75, 3.05) is 0 Å². The maximum absolute atomic E-state index is 5.86. The molecule has 0 aliphatic heterocycles. The smallest absolute Gasteiger partial charge is 0.0408 e. The van der Waals surface area contributed by atoms with Gasteiger partial charge in [0, 0.05) is 5.02 Å². The molecule has 12 heavy (non-hydrogen) atoms. The fourth-order valence-corrected chi connectivity index (χ4v) is 1.40. The zero-order valence-corrected chi connectivity index (χ0v) is 8.01. The highest BCUT2D eigenvalue weighted by Gasteiger charge is 2.02. The van der Waals surface area contributed by atoms with Gasteiger partial charge in [-0.15, -0.1) is 6.58 Å². The van der Waals surface area contributed by atoms with Crippen LogP contribution in [0.2, 0.25) is 5.02 Å². The molecule has 0 bridgehead atoms. The molecule has 0 radical (unpaired) electrons. The fourth-order valence-electron chi connectivity index (χ4n) is 1.20. The van der Waals surface area contributed by atoms with E-state index in [1.807, 2.05) is 24.3 Å². The molecule has 0 aliphatic rings. The van der Waals surface area contributed by atoms with Crippen molar-refractivity contribution in [3.63, 3.8) is 0 Å². The zero-order chi connectivity index (χ0) is 8.97. The monoisotopic (exact) mass is 180 g/mol. The van der Waals surface area contributed by atoms with Crippen LogP contribution in [0, 0.1) is 0 Å². The van der Waals surface area contributed by atoms with E-state index in [0.29, 0.717) is 5.92 Å². The number of hydrogen-bond donors (Lipinski definition) is 0. The molecule has 0 amide bonds. The van der Waals surface area contributed by atoms with Gasteiger partial charge in [-0.1, -0.05) is 36.7 Å². The van der Waals surface area contributed by atoms with E-state index in [1.165, 1.54) is 5.56 Å². The Morgan fingerprint density at radius 2 is 2.33 bits per heavy atom. The molecular formula is C11H13Cl. The van der Waals surface area contributed by atoms with Crippen LogP contribution in [-0.4, -0.2) is 0 Å². The number of halogens is 1. The maximum atomic E-state index is 5.86. The maximum Gasteiger partial charge on any atom is 0.0408 e. The van der Waals surface area contributed by atoms with Crippen LogP contribution in [0.15, 0.2) is 36.9 Å². The van der Waals surface area contributed by atoms with Gasteiger partial charge < -0.3 is 0 Å². The SMILES string of the molecule is C=CCC(C)c1cccc(Cl)c1. The molecule has 0 N–H and O–H groups in total. The van der Waals surface area contributed by atoms with Crippen LogP contribution in [0.4, 0.5) is 0 Å². The Labute approximate surface area is 78.9 Å². The van der Waals surface area contributed by atoms with Gasteiger partial charge in [0.25, 0.3) is 0 Å². The minimum Gasteiger partial charge on any atom is -0.103 e. The predicted molar refractivity (Wildman–Crippen MR) is 54.7 cm³/mol. The molecule has 0 saturated carbocycles. The number of rotatable bonds is 3. The lowest BCUT2D eigenvalue weighted by Crippen LogP contribution is -1.90. The van der Waals surface area contributed by atoms with E-state index in [2.05, 4.69) is 19.6 Å². The highest BCUT2D eigenvalue weighted by Crippen LogP contribution is 2.21. The van der Waals surface area contributed by atoms with Gasteiger partial charge >= 0.3 is 0 Å². The number of hydrogen-bond acceptors (Lipinski definition) is 0. The minimum absolute atomic E-state index is 0.515. The summed E-state index contributed by atoms with van der Waals surface area (Å²) < 4.78 is 0. The summed E-state index contributed by atoms with van der Waals surface area (Å²) in [5.74, 6) is 0.515. The Kier molecular flexibility index (Phi) is 3.36. The van der Waals surface area contributed by atoms with Crippen LogP contribution >= 0.6 is 11.6 Å². The van der Waals surface area contributed by atoms with Crippen LogP contribution in [0.1, 0.15) is 24.8 Å². The standard InChI is InChI=1S/C11H13Cl/c1-3-5-9(2)10-6-4-7-11(12)8-10/h3-4,6-9H,1,5H2,2H3. The first kappa shape index (κ1) is 9.34. The Morgan fingerprint density at radius 3 is 2.92 bits per heavy atom. The number of allylic oxidation sites excluding steroid dienone is 1. The van der Waals surface area contributed by atoms with E-state index in [1.54, 1.807) is 0 Å². The normalized spacial score (nSPS) is 12.5. The van der Waals surface area contributed by atoms with Crippen molar-refractivity contribution in [1.29, 1.82) is 0 Å². The lowest BCUT2D eigenvalue weighted by Gasteiger charge is -2.08. The van der Waals surface area contributed by atoms with Crippen molar-refractivity contribution in [3.8, 4) is 0 Å². The van der Waals surface area contributed by atoms with Crippen LogP contribution < -0.4 is 0 Å². The van der Waals surface area contributed by atoms with Gasteiger partial charge in [-0.05, 0) is 30.0 Å². The second-order valence-corrected chi connectivity index (χ2v) is 3.42. The van der Waals surface area contributed by atoms with E-state index >= 15 is 0 Å². The van der Waals surface area contributed by atoms with Gasteiger partial charge in [0.2, 0.25) is 0 Å². The quantitative estimate of drug-likeness (QED) is 0.617. The summed E-state index contributed by atoms with van der Waals surface area (Å²) in [4.78, 5) is 0. The molecule has 1 aromatic carbocycles. The number of benzene rings is 1. The van der Waals surface area contributed by atoms with E-state index in [-0.39, 0.29) is 0 Å². The molecule has 0 fully saturated rings. The second-order valence-electron chi connectivity index (χ2n) is 2.98. The zero-order valence-electron chi connectivity index (χ0n) is 7.26. The third-order valence-corrected chi connectivity index (χ3v) is 2.17. The summed E-state index contributed by atoms with van der Waals surface area (Å²) in [6.45, 7) is 5.89. The summed E-state index contributed by atoms with van der Waals surface area (Å²) in [7, 11) is 0. The molecule has 0 heterocycles. The summed E-state index contributed by atoms with van der Waals surface area (Å²) in [5.41, 5.74) is 1.28. The summed E-state index contributed by atoms with van der Waals surface area (Å²) >= 11 is 5.86. The van der Waals surface area contributed by atoms with E-state index in [4.69, 9.17) is 11.6 Å². The largest absolute Gasteiger partial charge is 0.103 e. The molecule has 1 aromatic rings. The Morgan fingerprint density at radius 1 is 1.58 bits per heavy atom. The highest BCUT2D eigenvalue weighted by molar-refractivity contribution is 6.30. The molecule has 0 saturated heterocycles. The van der Waals surface area contributed by atoms with Gasteiger partial charge in [-0.25, -0.2) is 0 Å².